The summed E-state index contributed by atoms with van der Waals surface area (Å²) >= 11 is 0. The summed E-state index contributed by atoms with van der Waals surface area (Å²) in [4.78, 5) is 0. The van der Waals surface area contributed by atoms with Crippen molar-refractivity contribution in [1.82, 2.24) is 0 Å². The van der Waals surface area contributed by atoms with E-state index in [0.717, 1.165) is 28.5 Å². The second-order valence-electron chi connectivity index (χ2n) is 4.47. The minimum absolute atomic E-state index is 0.469. The van der Waals surface area contributed by atoms with Gasteiger partial charge in [0.2, 0.25) is 0 Å². The first-order valence-corrected chi connectivity index (χ1v) is 6.60. The summed E-state index contributed by atoms with van der Waals surface area (Å²) in [5.74, 6) is 0.810. The molecule has 0 radical (unpaired) electrons. The molecule has 2 heteroatoms. The van der Waals surface area contributed by atoms with Gasteiger partial charge in [-0.05, 0) is 29.7 Å². The van der Waals surface area contributed by atoms with Gasteiger partial charge in [-0.2, -0.15) is 0 Å². The second-order valence-corrected chi connectivity index (χ2v) is 4.47. The van der Waals surface area contributed by atoms with Gasteiger partial charge in [-0.1, -0.05) is 44.2 Å². The van der Waals surface area contributed by atoms with Crippen LogP contribution in [0, 0.1) is 0 Å². The Bertz CT molecular complexity index is 519. The van der Waals surface area contributed by atoms with E-state index >= 15 is 0 Å². The lowest BCUT2D eigenvalue weighted by Gasteiger charge is -2.17. The average molecular weight is 244 g/mol. The number of ether oxygens (including phenoxy) is 1. The van der Waals surface area contributed by atoms with Gasteiger partial charge < -0.3 is 9.84 Å². The van der Waals surface area contributed by atoms with Crippen LogP contribution in [0.3, 0.4) is 0 Å². The van der Waals surface area contributed by atoms with Gasteiger partial charge >= 0.3 is 0 Å². The Balaban J connectivity index is 2.55. The second kappa shape index (κ2) is 5.87. The molecule has 0 heterocycles. The van der Waals surface area contributed by atoms with E-state index in [0.29, 0.717) is 13.0 Å². The predicted molar refractivity (Wildman–Crippen MR) is 75.0 cm³/mol. The van der Waals surface area contributed by atoms with Crippen molar-refractivity contribution >= 4 is 10.8 Å². The van der Waals surface area contributed by atoms with E-state index in [1.807, 2.05) is 37.3 Å². The quantitative estimate of drug-likeness (QED) is 0.859. The van der Waals surface area contributed by atoms with Crippen LogP contribution in [0.2, 0.25) is 0 Å². The predicted octanol–water partition coefficient (Wildman–Crippen LogP) is 4.07. The maximum atomic E-state index is 10.2. The molecule has 0 fully saturated rings. The first-order chi connectivity index (χ1) is 8.77. The molecule has 0 aliphatic carbocycles. The van der Waals surface area contributed by atoms with Gasteiger partial charge in [-0.25, -0.2) is 0 Å². The van der Waals surface area contributed by atoms with Crippen LogP contribution in [0.5, 0.6) is 5.75 Å². The summed E-state index contributed by atoms with van der Waals surface area (Å²) in [6, 6.07) is 12.1. The van der Waals surface area contributed by atoms with E-state index in [1.54, 1.807) is 0 Å². The van der Waals surface area contributed by atoms with Crippen LogP contribution in [-0.2, 0) is 0 Å². The lowest BCUT2D eigenvalue weighted by atomic mass is 9.98. The number of fused-ring (bicyclic) bond motifs is 1. The normalized spacial score (nSPS) is 12.6. The van der Waals surface area contributed by atoms with Gasteiger partial charge in [0.25, 0.3) is 0 Å². The van der Waals surface area contributed by atoms with Crippen molar-refractivity contribution in [1.29, 1.82) is 0 Å². The van der Waals surface area contributed by atoms with Crippen molar-refractivity contribution in [2.45, 2.75) is 32.8 Å². The van der Waals surface area contributed by atoms with Crippen molar-refractivity contribution in [2.75, 3.05) is 6.61 Å². The first kappa shape index (κ1) is 12.9. The zero-order valence-corrected chi connectivity index (χ0v) is 11.0. The molecule has 2 aromatic carbocycles. The van der Waals surface area contributed by atoms with E-state index < -0.39 is 6.10 Å². The fourth-order valence-corrected chi connectivity index (χ4v) is 2.16. The number of hydrogen-bond donors (Lipinski definition) is 1. The van der Waals surface area contributed by atoms with E-state index in [2.05, 4.69) is 13.0 Å². The van der Waals surface area contributed by atoms with Gasteiger partial charge in [-0.3, -0.25) is 0 Å². The Morgan fingerprint density at radius 2 is 1.89 bits per heavy atom. The molecule has 2 aromatic rings. The lowest BCUT2D eigenvalue weighted by Crippen LogP contribution is -2.03. The lowest BCUT2D eigenvalue weighted by molar-refractivity contribution is 0.169. The smallest absolute Gasteiger partial charge is 0.125 e. The standard InChI is InChI=1S/C16H20O2/c1-3-11-18-15-10-9-12-7-5-6-8-13(12)16(15)14(17)4-2/h5-10,14,17H,3-4,11H2,1-2H3. The summed E-state index contributed by atoms with van der Waals surface area (Å²) in [6.07, 6.45) is 1.19. The molecule has 96 valence electrons. The molecule has 0 aliphatic heterocycles. The summed E-state index contributed by atoms with van der Waals surface area (Å²) in [7, 11) is 0. The van der Waals surface area contributed by atoms with Crippen LogP contribution in [0.15, 0.2) is 36.4 Å². The molecule has 0 aliphatic rings. The van der Waals surface area contributed by atoms with Gasteiger partial charge in [-0.15, -0.1) is 0 Å². The Kier molecular flexibility index (Phi) is 4.21. The van der Waals surface area contributed by atoms with Gasteiger partial charge in [0.1, 0.15) is 5.75 Å². The molecular weight excluding hydrogens is 224 g/mol. The summed E-state index contributed by atoms with van der Waals surface area (Å²) in [5.41, 5.74) is 0.920. The van der Waals surface area contributed by atoms with Crippen LogP contribution in [0.25, 0.3) is 10.8 Å². The Hall–Kier alpha value is -1.54. The molecular formula is C16H20O2. The van der Waals surface area contributed by atoms with Crippen molar-refractivity contribution in [3.05, 3.63) is 42.0 Å². The van der Waals surface area contributed by atoms with E-state index in [4.69, 9.17) is 4.74 Å². The largest absolute Gasteiger partial charge is 0.493 e. The third kappa shape index (κ3) is 2.49. The van der Waals surface area contributed by atoms with Crippen molar-refractivity contribution in [3.8, 4) is 5.75 Å². The molecule has 1 atom stereocenters. The van der Waals surface area contributed by atoms with Crippen LogP contribution in [0.4, 0.5) is 0 Å². The highest BCUT2D eigenvalue weighted by Gasteiger charge is 2.15. The monoisotopic (exact) mass is 244 g/mol. The Morgan fingerprint density at radius 1 is 1.11 bits per heavy atom. The molecule has 2 rings (SSSR count). The molecule has 1 N–H and O–H groups in total. The molecule has 0 amide bonds. The van der Waals surface area contributed by atoms with Crippen molar-refractivity contribution in [2.24, 2.45) is 0 Å². The Labute approximate surface area is 108 Å². The van der Waals surface area contributed by atoms with Crippen molar-refractivity contribution < 1.29 is 9.84 Å². The maximum Gasteiger partial charge on any atom is 0.125 e. The van der Waals surface area contributed by atoms with E-state index in [1.165, 1.54) is 0 Å². The van der Waals surface area contributed by atoms with Gasteiger partial charge in [0, 0.05) is 5.56 Å². The fourth-order valence-electron chi connectivity index (χ4n) is 2.16. The average Bonchev–Trinajstić information content (AvgIpc) is 2.43. The SMILES string of the molecule is CCCOc1ccc2ccccc2c1C(O)CC. The van der Waals surface area contributed by atoms with E-state index in [9.17, 15) is 5.11 Å². The Morgan fingerprint density at radius 3 is 2.61 bits per heavy atom. The maximum absolute atomic E-state index is 10.2. The first-order valence-electron chi connectivity index (χ1n) is 6.60. The highest BCUT2D eigenvalue weighted by molar-refractivity contribution is 5.88. The molecule has 0 saturated heterocycles. The molecule has 1 unspecified atom stereocenters. The third-order valence-electron chi connectivity index (χ3n) is 3.11. The van der Waals surface area contributed by atoms with Gasteiger partial charge in [0.15, 0.2) is 0 Å². The van der Waals surface area contributed by atoms with Crippen LogP contribution < -0.4 is 4.74 Å². The van der Waals surface area contributed by atoms with E-state index in [-0.39, 0.29) is 0 Å². The topological polar surface area (TPSA) is 29.5 Å². The number of benzene rings is 2. The highest BCUT2D eigenvalue weighted by atomic mass is 16.5. The molecule has 2 nitrogen and oxygen atoms in total. The molecule has 0 saturated carbocycles. The minimum Gasteiger partial charge on any atom is -0.493 e. The van der Waals surface area contributed by atoms with Crippen LogP contribution >= 0.6 is 0 Å². The number of aliphatic hydroxyl groups is 1. The summed E-state index contributed by atoms with van der Waals surface area (Å²) in [5, 5.41) is 12.5. The minimum atomic E-state index is -0.469. The fraction of sp³-hybridized carbons (Fsp3) is 0.375. The summed E-state index contributed by atoms with van der Waals surface area (Å²) < 4.78 is 5.76. The molecule has 0 bridgehead atoms. The number of aliphatic hydroxyl groups excluding tert-OH is 1. The highest BCUT2D eigenvalue weighted by Crippen LogP contribution is 2.34. The molecule has 0 spiro atoms. The number of hydrogen-bond acceptors (Lipinski definition) is 2. The molecule has 0 aromatic heterocycles. The summed E-state index contributed by atoms with van der Waals surface area (Å²) in [6.45, 7) is 4.74. The third-order valence-corrected chi connectivity index (χ3v) is 3.11. The van der Waals surface area contributed by atoms with Crippen LogP contribution in [0.1, 0.15) is 38.4 Å². The van der Waals surface area contributed by atoms with Gasteiger partial charge in [0.05, 0.1) is 12.7 Å². The van der Waals surface area contributed by atoms with Crippen LogP contribution in [-0.4, -0.2) is 11.7 Å². The van der Waals surface area contributed by atoms with Crippen molar-refractivity contribution in [3.63, 3.8) is 0 Å². The number of rotatable bonds is 5. The molecule has 18 heavy (non-hydrogen) atoms. The zero-order valence-electron chi connectivity index (χ0n) is 11.0. The zero-order chi connectivity index (χ0) is 13.0.